The minimum absolute atomic E-state index is 0.235. The average Bonchev–Trinajstić information content (AvgIpc) is 3.19. The smallest absolute Gasteiger partial charge is 0.409 e. The van der Waals surface area contributed by atoms with E-state index in [0.29, 0.717) is 64.1 Å². The highest BCUT2D eigenvalue weighted by atomic mass is 35.5. The molecule has 9 nitrogen and oxygen atoms in total. The van der Waals surface area contributed by atoms with Crippen LogP contribution in [0.5, 0.6) is 0 Å². The summed E-state index contributed by atoms with van der Waals surface area (Å²) in [5.41, 5.74) is 2.16. The van der Waals surface area contributed by atoms with Crippen molar-refractivity contribution in [2.45, 2.75) is 20.4 Å². The fourth-order valence-corrected chi connectivity index (χ4v) is 5.98. The predicted molar refractivity (Wildman–Crippen MR) is 157 cm³/mol. The lowest BCUT2D eigenvalue weighted by molar-refractivity contribution is -0.122. The number of fused-ring (bicyclic) bond motifs is 1. The maximum Gasteiger partial charge on any atom is 0.409 e. The van der Waals surface area contributed by atoms with Crippen LogP contribution < -0.4 is 10.5 Å². The molecule has 0 N–H and O–H groups in total. The van der Waals surface area contributed by atoms with Crippen LogP contribution in [0, 0.1) is 6.92 Å². The van der Waals surface area contributed by atoms with Crippen molar-refractivity contribution in [3.8, 4) is 0 Å². The summed E-state index contributed by atoms with van der Waals surface area (Å²) in [6.45, 7) is 5.97. The van der Waals surface area contributed by atoms with Crippen molar-refractivity contribution < 1.29 is 14.3 Å². The Morgan fingerprint density at radius 1 is 1.15 bits per heavy atom. The van der Waals surface area contributed by atoms with Gasteiger partial charge in [-0.05, 0) is 43.2 Å². The van der Waals surface area contributed by atoms with Crippen LogP contribution in [0.4, 0.5) is 10.6 Å². The lowest BCUT2D eigenvalue weighted by Crippen LogP contribution is -2.49. The van der Waals surface area contributed by atoms with Crippen LogP contribution >= 0.6 is 35.6 Å². The number of rotatable bonds is 5. The summed E-state index contributed by atoms with van der Waals surface area (Å²) in [6, 6.07) is 11.0. The standard InChI is InChI=1S/C27H26ClN5O4S2/c1-3-37-26(36)31-13-11-30(12-14-31)23-19(24(34)32-10-6-7-17(2)22(32)29-23)15-21-25(35)33(27(38)39-21)16-18-8-4-5-9-20(18)28/h4-10,15H,3,11-14,16H2,1-2H3/b21-15+. The Morgan fingerprint density at radius 3 is 2.62 bits per heavy atom. The first-order chi connectivity index (χ1) is 18.8. The Morgan fingerprint density at radius 2 is 1.90 bits per heavy atom. The number of piperazine rings is 1. The summed E-state index contributed by atoms with van der Waals surface area (Å²) >= 11 is 13.0. The summed E-state index contributed by atoms with van der Waals surface area (Å²) in [6.07, 6.45) is 2.89. The Bertz CT molecular complexity index is 1570. The van der Waals surface area contributed by atoms with Crippen molar-refractivity contribution in [2.75, 3.05) is 37.7 Å². The minimum atomic E-state index is -0.359. The van der Waals surface area contributed by atoms with Crippen LogP contribution in [0.2, 0.25) is 5.02 Å². The normalized spacial score (nSPS) is 17.0. The van der Waals surface area contributed by atoms with Crippen LogP contribution in [-0.2, 0) is 16.1 Å². The number of halogens is 1. The van der Waals surface area contributed by atoms with E-state index in [2.05, 4.69) is 0 Å². The maximum absolute atomic E-state index is 13.8. The van der Waals surface area contributed by atoms with Gasteiger partial charge < -0.3 is 14.5 Å². The number of pyridine rings is 1. The summed E-state index contributed by atoms with van der Waals surface area (Å²) in [5, 5.41) is 0.548. The van der Waals surface area contributed by atoms with Gasteiger partial charge in [-0.15, -0.1) is 0 Å². The molecule has 0 radical (unpaired) electrons. The summed E-state index contributed by atoms with van der Waals surface area (Å²) in [7, 11) is 0. The predicted octanol–water partition coefficient (Wildman–Crippen LogP) is 4.34. The molecule has 2 aliphatic rings. The van der Waals surface area contributed by atoms with E-state index in [4.69, 9.17) is 33.5 Å². The molecule has 3 aromatic rings. The van der Waals surface area contributed by atoms with Gasteiger partial charge in [0, 0.05) is 37.4 Å². The van der Waals surface area contributed by atoms with Gasteiger partial charge in [0.25, 0.3) is 11.5 Å². The van der Waals surface area contributed by atoms with Gasteiger partial charge in [-0.2, -0.15) is 0 Å². The van der Waals surface area contributed by atoms with Crippen LogP contribution in [-0.4, -0.2) is 68.3 Å². The number of hydrogen-bond donors (Lipinski definition) is 0. The molecule has 4 heterocycles. The third kappa shape index (κ3) is 5.39. The summed E-state index contributed by atoms with van der Waals surface area (Å²) in [4.78, 5) is 49.7. The minimum Gasteiger partial charge on any atom is -0.450 e. The van der Waals surface area contributed by atoms with Gasteiger partial charge in [0.15, 0.2) is 0 Å². The molecular weight excluding hydrogens is 558 g/mol. The molecule has 39 heavy (non-hydrogen) atoms. The first kappa shape index (κ1) is 27.2. The second kappa shape index (κ2) is 11.4. The van der Waals surface area contributed by atoms with Gasteiger partial charge in [0.2, 0.25) is 0 Å². The lowest BCUT2D eigenvalue weighted by atomic mass is 10.2. The number of thioether (sulfide) groups is 1. The molecule has 0 spiro atoms. The number of benzene rings is 1. The maximum atomic E-state index is 13.8. The van der Waals surface area contributed by atoms with Gasteiger partial charge in [-0.25, -0.2) is 9.78 Å². The zero-order valence-electron chi connectivity index (χ0n) is 21.4. The zero-order chi connectivity index (χ0) is 27.7. The van der Waals surface area contributed by atoms with Gasteiger partial charge in [-0.3, -0.25) is 18.9 Å². The quantitative estimate of drug-likeness (QED) is 0.324. The molecule has 0 unspecified atom stereocenters. The summed E-state index contributed by atoms with van der Waals surface area (Å²) in [5.74, 6) is 0.172. The van der Waals surface area contributed by atoms with Gasteiger partial charge >= 0.3 is 6.09 Å². The number of nitrogens with zero attached hydrogens (tertiary/aromatic N) is 5. The molecule has 0 atom stereocenters. The third-order valence-corrected chi connectivity index (χ3v) is 8.35. The fraction of sp³-hybridized carbons (Fsp3) is 0.296. The Labute approximate surface area is 240 Å². The summed E-state index contributed by atoms with van der Waals surface area (Å²) < 4.78 is 7.01. The number of ether oxygens (including phenoxy) is 1. The monoisotopic (exact) mass is 583 g/mol. The van der Waals surface area contributed by atoms with E-state index in [1.54, 1.807) is 36.2 Å². The molecule has 2 amide bonds. The lowest BCUT2D eigenvalue weighted by Gasteiger charge is -2.35. The van der Waals surface area contributed by atoms with Gasteiger partial charge in [0.05, 0.1) is 23.6 Å². The van der Waals surface area contributed by atoms with Crippen molar-refractivity contribution in [1.29, 1.82) is 0 Å². The molecule has 2 aromatic heterocycles. The molecule has 2 saturated heterocycles. The van der Waals surface area contributed by atoms with Crippen LogP contribution in [0.25, 0.3) is 11.7 Å². The molecule has 0 aliphatic carbocycles. The molecular formula is C27H26ClN5O4S2. The van der Waals surface area contributed by atoms with Crippen molar-refractivity contribution in [2.24, 2.45) is 0 Å². The number of amides is 2. The molecule has 0 bridgehead atoms. The Hall–Kier alpha value is -3.41. The second-order valence-corrected chi connectivity index (χ2v) is 11.2. The number of carbonyl (C=O) groups excluding carboxylic acids is 2. The first-order valence-electron chi connectivity index (χ1n) is 12.5. The highest BCUT2D eigenvalue weighted by Crippen LogP contribution is 2.35. The van der Waals surface area contributed by atoms with E-state index in [9.17, 15) is 14.4 Å². The highest BCUT2D eigenvalue weighted by molar-refractivity contribution is 8.26. The van der Waals surface area contributed by atoms with Crippen molar-refractivity contribution >= 4 is 69.4 Å². The third-order valence-electron chi connectivity index (χ3n) is 6.60. The molecule has 0 saturated carbocycles. The van der Waals surface area contributed by atoms with E-state index in [-0.39, 0.29) is 24.1 Å². The largest absolute Gasteiger partial charge is 0.450 e. The Balaban J connectivity index is 1.52. The SMILES string of the molecule is CCOC(=O)N1CCN(c2nc3c(C)cccn3c(=O)c2/C=C2/SC(=S)N(Cc3ccccc3Cl)C2=O)CC1. The number of thiocarbonyl (C=S) groups is 1. The average molecular weight is 584 g/mol. The van der Waals surface area contributed by atoms with Crippen molar-refractivity contribution in [3.63, 3.8) is 0 Å². The molecule has 12 heteroatoms. The van der Waals surface area contributed by atoms with E-state index >= 15 is 0 Å². The topological polar surface area (TPSA) is 87.5 Å². The van der Waals surface area contributed by atoms with E-state index in [1.165, 1.54) is 9.30 Å². The Kier molecular flexibility index (Phi) is 7.92. The molecule has 202 valence electrons. The number of carbonyl (C=O) groups is 2. The number of hydrogen-bond acceptors (Lipinski definition) is 8. The van der Waals surface area contributed by atoms with Crippen LogP contribution in [0.3, 0.4) is 0 Å². The van der Waals surface area contributed by atoms with E-state index in [0.717, 1.165) is 22.9 Å². The van der Waals surface area contributed by atoms with E-state index in [1.807, 2.05) is 36.1 Å². The number of anilines is 1. The second-order valence-electron chi connectivity index (χ2n) is 9.07. The first-order valence-corrected chi connectivity index (χ1v) is 14.1. The zero-order valence-corrected chi connectivity index (χ0v) is 23.8. The molecule has 2 aliphatic heterocycles. The van der Waals surface area contributed by atoms with Crippen molar-refractivity contribution in [3.05, 3.63) is 79.6 Å². The van der Waals surface area contributed by atoms with Crippen LogP contribution in [0.15, 0.2) is 52.3 Å². The van der Waals surface area contributed by atoms with E-state index < -0.39 is 0 Å². The molecule has 1 aromatic carbocycles. The number of aryl methyl sites for hydroxylation is 1. The molecule has 5 rings (SSSR count). The fourth-order valence-electron chi connectivity index (χ4n) is 4.55. The van der Waals surface area contributed by atoms with Gasteiger partial charge in [0.1, 0.15) is 15.8 Å². The number of aromatic nitrogens is 2. The van der Waals surface area contributed by atoms with Crippen molar-refractivity contribution in [1.82, 2.24) is 19.2 Å². The van der Waals surface area contributed by atoms with Gasteiger partial charge in [-0.1, -0.05) is 59.8 Å². The van der Waals surface area contributed by atoms with Crippen LogP contribution in [0.1, 0.15) is 23.6 Å². The molecule has 2 fully saturated rings. The highest BCUT2D eigenvalue weighted by Gasteiger charge is 2.34.